The predicted octanol–water partition coefficient (Wildman–Crippen LogP) is 1.63. The van der Waals surface area contributed by atoms with Gasteiger partial charge in [-0.15, -0.1) is 12.3 Å². The number of carbonyl (C=O) groups is 1. The molecule has 0 bridgehead atoms. The van der Waals surface area contributed by atoms with Gasteiger partial charge in [0.05, 0.1) is 0 Å². The monoisotopic (exact) mass is 197 g/mol. The summed E-state index contributed by atoms with van der Waals surface area (Å²) in [6.07, 6.45) is 9.30. The summed E-state index contributed by atoms with van der Waals surface area (Å²) >= 11 is 0. The van der Waals surface area contributed by atoms with Crippen molar-refractivity contribution < 1.29 is 9.90 Å². The third-order valence-electron chi connectivity index (χ3n) is 2.03. The Balaban J connectivity index is 3.63. The number of rotatable bonds is 8. The Morgan fingerprint density at radius 2 is 2.29 bits per heavy atom. The van der Waals surface area contributed by atoms with E-state index in [1.54, 1.807) is 0 Å². The van der Waals surface area contributed by atoms with Gasteiger partial charge in [0.2, 0.25) is 0 Å². The molecule has 1 atom stereocenters. The third kappa shape index (κ3) is 6.50. The van der Waals surface area contributed by atoms with Crippen LogP contribution in [0.3, 0.4) is 0 Å². The Bertz CT molecular complexity index is 196. The molecule has 0 amide bonds. The Morgan fingerprint density at radius 3 is 2.79 bits per heavy atom. The van der Waals surface area contributed by atoms with Gasteiger partial charge in [0, 0.05) is 6.42 Å². The molecule has 0 aliphatic heterocycles. The molecule has 1 unspecified atom stereocenters. The van der Waals surface area contributed by atoms with Crippen molar-refractivity contribution in [3.8, 4) is 12.3 Å². The number of unbranched alkanes of at least 4 members (excludes halogenated alkanes) is 2. The number of hydrogen-bond acceptors (Lipinski definition) is 2. The fourth-order valence-corrected chi connectivity index (χ4v) is 1.19. The summed E-state index contributed by atoms with van der Waals surface area (Å²) in [7, 11) is 0. The van der Waals surface area contributed by atoms with E-state index in [2.05, 4.69) is 18.2 Å². The van der Waals surface area contributed by atoms with Crippen LogP contribution in [-0.2, 0) is 4.79 Å². The van der Waals surface area contributed by atoms with Crippen molar-refractivity contribution >= 4 is 5.97 Å². The molecule has 0 heterocycles. The van der Waals surface area contributed by atoms with Crippen LogP contribution in [0.4, 0.5) is 0 Å². The van der Waals surface area contributed by atoms with Crippen LogP contribution in [0.2, 0.25) is 0 Å². The van der Waals surface area contributed by atoms with Gasteiger partial charge in [-0.25, -0.2) is 0 Å². The maximum absolute atomic E-state index is 10.8. The number of carboxylic acids is 1. The van der Waals surface area contributed by atoms with Crippen LogP contribution in [0.1, 0.15) is 39.0 Å². The average Bonchev–Trinajstić information content (AvgIpc) is 2.16. The Labute approximate surface area is 85.9 Å². The molecular formula is C11H19NO2. The topological polar surface area (TPSA) is 49.3 Å². The van der Waals surface area contributed by atoms with Crippen molar-refractivity contribution in [3.63, 3.8) is 0 Å². The second-order valence-electron chi connectivity index (χ2n) is 3.29. The van der Waals surface area contributed by atoms with E-state index in [0.717, 1.165) is 19.3 Å². The summed E-state index contributed by atoms with van der Waals surface area (Å²) in [5, 5.41) is 11.8. The lowest BCUT2D eigenvalue weighted by molar-refractivity contribution is -0.139. The number of hydrogen-bond donors (Lipinski definition) is 2. The number of carboxylic acid groups (broad SMARTS) is 1. The quantitative estimate of drug-likeness (QED) is 0.459. The standard InChI is InChI=1S/C11H19NO2/c1-3-5-7-9-12-10(11(13)14)8-6-4-2/h1,10,12H,4-9H2,2H3,(H,13,14). The Kier molecular flexibility index (Phi) is 7.96. The van der Waals surface area contributed by atoms with Crippen LogP contribution in [0, 0.1) is 12.3 Å². The molecule has 0 saturated heterocycles. The first-order chi connectivity index (χ1) is 6.72. The molecule has 3 nitrogen and oxygen atoms in total. The normalized spacial score (nSPS) is 12.0. The van der Waals surface area contributed by atoms with Crippen LogP contribution in [-0.4, -0.2) is 23.7 Å². The average molecular weight is 197 g/mol. The summed E-state index contributed by atoms with van der Waals surface area (Å²) in [4.78, 5) is 10.8. The van der Waals surface area contributed by atoms with E-state index in [0.29, 0.717) is 19.4 Å². The van der Waals surface area contributed by atoms with E-state index in [1.165, 1.54) is 0 Å². The van der Waals surface area contributed by atoms with E-state index in [-0.39, 0.29) is 0 Å². The zero-order valence-corrected chi connectivity index (χ0v) is 8.75. The summed E-state index contributed by atoms with van der Waals surface area (Å²) in [6.45, 7) is 2.74. The molecule has 0 fully saturated rings. The zero-order chi connectivity index (χ0) is 10.8. The summed E-state index contributed by atoms with van der Waals surface area (Å²) in [5.41, 5.74) is 0. The predicted molar refractivity (Wildman–Crippen MR) is 57.0 cm³/mol. The van der Waals surface area contributed by atoms with Crippen molar-refractivity contribution in [1.82, 2.24) is 5.32 Å². The summed E-state index contributed by atoms with van der Waals surface area (Å²) in [6, 6.07) is -0.410. The highest BCUT2D eigenvalue weighted by Crippen LogP contribution is 2.01. The smallest absolute Gasteiger partial charge is 0.320 e. The van der Waals surface area contributed by atoms with Crippen LogP contribution in [0.25, 0.3) is 0 Å². The van der Waals surface area contributed by atoms with E-state index in [4.69, 9.17) is 11.5 Å². The summed E-state index contributed by atoms with van der Waals surface area (Å²) < 4.78 is 0. The van der Waals surface area contributed by atoms with Gasteiger partial charge < -0.3 is 10.4 Å². The first kappa shape index (κ1) is 13.0. The molecule has 80 valence electrons. The second kappa shape index (κ2) is 8.58. The van der Waals surface area contributed by atoms with Crippen LogP contribution in [0.5, 0.6) is 0 Å². The van der Waals surface area contributed by atoms with Crippen LogP contribution in [0.15, 0.2) is 0 Å². The molecule has 0 aliphatic rings. The van der Waals surface area contributed by atoms with Crippen molar-refractivity contribution in [2.24, 2.45) is 0 Å². The first-order valence-corrected chi connectivity index (χ1v) is 5.12. The van der Waals surface area contributed by atoms with Gasteiger partial charge in [0.1, 0.15) is 6.04 Å². The van der Waals surface area contributed by atoms with Crippen molar-refractivity contribution in [3.05, 3.63) is 0 Å². The molecule has 0 aromatic rings. The van der Waals surface area contributed by atoms with Gasteiger partial charge in [-0.1, -0.05) is 19.8 Å². The fraction of sp³-hybridized carbons (Fsp3) is 0.727. The van der Waals surface area contributed by atoms with Gasteiger partial charge in [-0.05, 0) is 19.4 Å². The molecule has 0 aromatic carbocycles. The van der Waals surface area contributed by atoms with Crippen molar-refractivity contribution in [1.29, 1.82) is 0 Å². The molecular weight excluding hydrogens is 178 g/mol. The molecule has 0 aromatic heterocycles. The minimum absolute atomic E-state index is 0.410. The maximum Gasteiger partial charge on any atom is 0.320 e. The lowest BCUT2D eigenvalue weighted by Gasteiger charge is -2.13. The van der Waals surface area contributed by atoms with Gasteiger partial charge >= 0.3 is 5.97 Å². The molecule has 14 heavy (non-hydrogen) atoms. The first-order valence-electron chi connectivity index (χ1n) is 5.12. The number of nitrogens with one attached hydrogen (secondary N) is 1. The SMILES string of the molecule is C#CCCCNC(CCCC)C(=O)O. The second-order valence-corrected chi connectivity index (χ2v) is 3.29. The number of terminal acetylenes is 1. The van der Waals surface area contributed by atoms with E-state index in [1.807, 2.05) is 0 Å². The van der Waals surface area contributed by atoms with E-state index in [9.17, 15) is 4.79 Å². The van der Waals surface area contributed by atoms with Gasteiger partial charge in [0.25, 0.3) is 0 Å². The van der Waals surface area contributed by atoms with Crippen molar-refractivity contribution in [2.45, 2.75) is 45.1 Å². The van der Waals surface area contributed by atoms with Crippen molar-refractivity contribution in [2.75, 3.05) is 6.54 Å². The Morgan fingerprint density at radius 1 is 1.57 bits per heavy atom. The lowest BCUT2D eigenvalue weighted by Crippen LogP contribution is -2.37. The molecule has 3 heteroatoms. The highest BCUT2D eigenvalue weighted by Gasteiger charge is 2.14. The molecule has 0 rings (SSSR count). The number of aliphatic carboxylic acids is 1. The summed E-state index contributed by atoms with van der Waals surface area (Å²) in [5.74, 6) is 1.76. The van der Waals surface area contributed by atoms with Gasteiger partial charge in [-0.2, -0.15) is 0 Å². The maximum atomic E-state index is 10.8. The Hall–Kier alpha value is -1.01. The lowest BCUT2D eigenvalue weighted by atomic mass is 10.1. The largest absolute Gasteiger partial charge is 0.480 e. The minimum Gasteiger partial charge on any atom is -0.480 e. The highest BCUT2D eigenvalue weighted by atomic mass is 16.4. The van der Waals surface area contributed by atoms with E-state index >= 15 is 0 Å². The third-order valence-corrected chi connectivity index (χ3v) is 2.03. The molecule has 0 radical (unpaired) electrons. The van der Waals surface area contributed by atoms with Gasteiger partial charge in [0.15, 0.2) is 0 Å². The molecule has 0 spiro atoms. The molecule has 0 saturated carbocycles. The minimum atomic E-state index is -0.765. The van der Waals surface area contributed by atoms with E-state index < -0.39 is 12.0 Å². The van der Waals surface area contributed by atoms with Gasteiger partial charge in [-0.3, -0.25) is 4.79 Å². The van der Waals surface area contributed by atoms with Crippen LogP contribution < -0.4 is 5.32 Å². The molecule has 0 aliphatic carbocycles. The van der Waals surface area contributed by atoms with Crippen LogP contribution >= 0.6 is 0 Å². The fourth-order valence-electron chi connectivity index (χ4n) is 1.19. The molecule has 2 N–H and O–H groups in total. The zero-order valence-electron chi connectivity index (χ0n) is 8.75. The highest BCUT2D eigenvalue weighted by molar-refractivity contribution is 5.73.